The van der Waals surface area contributed by atoms with E-state index in [1.54, 1.807) is 26.1 Å². The van der Waals surface area contributed by atoms with Crippen LogP contribution in [0.2, 0.25) is 0 Å². The third-order valence-corrected chi connectivity index (χ3v) is 3.39. The predicted molar refractivity (Wildman–Crippen MR) is 77.3 cm³/mol. The lowest BCUT2D eigenvalue weighted by atomic mass is 10.1. The zero-order valence-electron chi connectivity index (χ0n) is 11.5. The lowest BCUT2D eigenvalue weighted by Gasteiger charge is -2.23. The number of halogens is 1. The molecule has 0 bridgehead atoms. The molecule has 0 N–H and O–H groups in total. The van der Waals surface area contributed by atoms with Crippen LogP contribution < -0.4 is 0 Å². The molecule has 6 heteroatoms. The molecular weight excluding hydrogens is 324 g/mol. The highest BCUT2D eigenvalue weighted by Gasteiger charge is 2.19. The van der Waals surface area contributed by atoms with E-state index in [4.69, 9.17) is 5.26 Å². The lowest BCUT2D eigenvalue weighted by molar-refractivity contribution is 0.0600. The molecule has 0 saturated carbocycles. The van der Waals surface area contributed by atoms with Crippen molar-refractivity contribution < 1.29 is 14.3 Å². The van der Waals surface area contributed by atoms with E-state index in [0.717, 1.165) is 0 Å². The average molecular weight is 339 g/mol. The Kier molecular flexibility index (Phi) is 5.71. The maximum absolute atomic E-state index is 12.3. The second kappa shape index (κ2) is 7.06. The Morgan fingerprint density at radius 2 is 2.00 bits per heavy atom. The quantitative estimate of drug-likeness (QED) is 0.791. The van der Waals surface area contributed by atoms with Crippen molar-refractivity contribution in [2.24, 2.45) is 0 Å². The summed E-state index contributed by atoms with van der Waals surface area (Å²) in [5, 5.41) is 8.67. The van der Waals surface area contributed by atoms with E-state index < -0.39 is 5.97 Å². The van der Waals surface area contributed by atoms with E-state index >= 15 is 0 Å². The van der Waals surface area contributed by atoms with Gasteiger partial charge in [-0.25, -0.2) is 4.79 Å². The first kappa shape index (κ1) is 16.2. The van der Waals surface area contributed by atoms with Crippen molar-refractivity contribution in [1.29, 1.82) is 5.26 Å². The number of amides is 1. The van der Waals surface area contributed by atoms with Gasteiger partial charge in [-0.15, -0.1) is 0 Å². The third-order valence-electron chi connectivity index (χ3n) is 2.93. The van der Waals surface area contributed by atoms with Gasteiger partial charge in [-0.05, 0) is 25.1 Å². The Hall–Kier alpha value is -1.87. The Morgan fingerprint density at radius 3 is 2.55 bits per heavy atom. The van der Waals surface area contributed by atoms with Gasteiger partial charge in [0.05, 0.1) is 25.2 Å². The third kappa shape index (κ3) is 3.81. The first-order chi connectivity index (χ1) is 9.40. The van der Waals surface area contributed by atoms with E-state index in [9.17, 15) is 9.59 Å². The normalized spacial score (nSPS) is 11.3. The van der Waals surface area contributed by atoms with Gasteiger partial charge in [-0.1, -0.05) is 15.9 Å². The smallest absolute Gasteiger partial charge is 0.337 e. The first-order valence-corrected chi connectivity index (χ1v) is 6.73. The van der Waals surface area contributed by atoms with E-state index in [0.29, 0.717) is 15.6 Å². The zero-order valence-corrected chi connectivity index (χ0v) is 13.1. The number of ether oxygens (including phenoxy) is 1. The molecule has 1 aromatic carbocycles. The minimum absolute atomic E-state index is 0.201. The number of esters is 1. The molecule has 0 heterocycles. The summed E-state index contributed by atoms with van der Waals surface area (Å²) in [6, 6.07) is 6.52. The van der Waals surface area contributed by atoms with Crippen LogP contribution in [0.5, 0.6) is 0 Å². The van der Waals surface area contributed by atoms with Gasteiger partial charge in [0.2, 0.25) is 0 Å². The summed E-state index contributed by atoms with van der Waals surface area (Å²) in [7, 11) is 2.91. The van der Waals surface area contributed by atoms with Gasteiger partial charge in [0.15, 0.2) is 0 Å². The van der Waals surface area contributed by atoms with Gasteiger partial charge in [0, 0.05) is 23.1 Å². The monoisotopic (exact) mass is 338 g/mol. The highest BCUT2D eigenvalue weighted by Crippen LogP contribution is 2.19. The highest BCUT2D eigenvalue weighted by atomic mass is 79.9. The molecule has 0 spiro atoms. The van der Waals surface area contributed by atoms with Crippen molar-refractivity contribution in [1.82, 2.24) is 4.90 Å². The SMILES string of the molecule is COC(=O)c1cc(Br)cc(C(=O)N(C)[C@@H](C)CC#N)c1. The van der Waals surface area contributed by atoms with Crippen LogP contribution in [-0.4, -0.2) is 37.0 Å². The fraction of sp³-hybridized carbons (Fsp3) is 0.357. The van der Waals surface area contributed by atoms with Gasteiger partial charge in [0.25, 0.3) is 5.91 Å². The van der Waals surface area contributed by atoms with E-state index in [-0.39, 0.29) is 18.4 Å². The molecule has 0 aliphatic carbocycles. The van der Waals surface area contributed by atoms with Crippen molar-refractivity contribution in [3.8, 4) is 6.07 Å². The number of carbonyl (C=O) groups excluding carboxylic acids is 2. The fourth-order valence-electron chi connectivity index (χ4n) is 1.62. The molecule has 5 nitrogen and oxygen atoms in total. The van der Waals surface area contributed by atoms with Gasteiger partial charge in [0.1, 0.15) is 0 Å². The molecule has 0 radical (unpaired) electrons. The van der Waals surface area contributed by atoms with Crippen LogP contribution in [0.3, 0.4) is 0 Å². The minimum Gasteiger partial charge on any atom is -0.465 e. The summed E-state index contributed by atoms with van der Waals surface area (Å²) in [6.07, 6.45) is 0.250. The average Bonchev–Trinajstić information content (AvgIpc) is 2.44. The molecule has 0 unspecified atom stereocenters. The number of hydrogen-bond donors (Lipinski definition) is 0. The number of nitrogens with zero attached hydrogens (tertiary/aromatic N) is 2. The van der Waals surface area contributed by atoms with E-state index in [1.807, 2.05) is 6.07 Å². The van der Waals surface area contributed by atoms with Crippen molar-refractivity contribution in [3.63, 3.8) is 0 Å². The summed E-state index contributed by atoms with van der Waals surface area (Å²) in [6.45, 7) is 1.79. The molecule has 0 fully saturated rings. The molecule has 1 atom stereocenters. The fourth-order valence-corrected chi connectivity index (χ4v) is 2.11. The number of rotatable bonds is 4. The Balaban J connectivity index is 3.07. The summed E-state index contributed by atoms with van der Waals surface area (Å²) in [5.74, 6) is -0.757. The van der Waals surface area contributed by atoms with Crippen molar-refractivity contribution in [2.75, 3.05) is 14.2 Å². The second-order valence-electron chi connectivity index (χ2n) is 4.35. The molecule has 0 saturated heterocycles. The first-order valence-electron chi connectivity index (χ1n) is 5.93. The highest BCUT2D eigenvalue weighted by molar-refractivity contribution is 9.10. The number of carbonyl (C=O) groups is 2. The van der Waals surface area contributed by atoms with Gasteiger partial charge in [-0.3, -0.25) is 4.79 Å². The molecule has 0 aliphatic heterocycles. The maximum atomic E-state index is 12.3. The number of nitriles is 1. The molecule has 0 aliphatic rings. The molecule has 1 aromatic rings. The van der Waals surface area contributed by atoms with Crippen LogP contribution in [0.15, 0.2) is 22.7 Å². The van der Waals surface area contributed by atoms with Gasteiger partial charge >= 0.3 is 5.97 Å². The minimum atomic E-state index is -0.506. The van der Waals surface area contributed by atoms with Crippen LogP contribution in [0.1, 0.15) is 34.1 Å². The van der Waals surface area contributed by atoms with Crippen LogP contribution in [-0.2, 0) is 4.74 Å². The van der Waals surface area contributed by atoms with Crippen molar-refractivity contribution >= 4 is 27.8 Å². The van der Waals surface area contributed by atoms with Crippen LogP contribution >= 0.6 is 15.9 Å². The maximum Gasteiger partial charge on any atom is 0.337 e. The molecule has 20 heavy (non-hydrogen) atoms. The van der Waals surface area contributed by atoms with Gasteiger partial charge in [-0.2, -0.15) is 5.26 Å². The van der Waals surface area contributed by atoms with E-state index in [1.165, 1.54) is 18.1 Å². The van der Waals surface area contributed by atoms with Crippen LogP contribution in [0.4, 0.5) is 0 Å². The van der Waals surface area contributed by atoms with Crippen molar-refractivity contribution in [3.05, 3.63) is 33.8 Å². The summed E-state index contributed by atoms with van der Waals surface area (Å²) >= 11 is 3.26. The summed E-state index contributed by atoms with van der Waals surface area (Å²) < 4.78 is 5.26. The number of hydrogen-bond acceptors (Lipinski definition) is 4. The predicted octanol–water partition coefficient (Wildman–Crippen LogP) is 2.61. The standard InChI is InChI=1S/C14H15BrN2O3/c1-9(4-5-16)17(2)13(18)10-6-11(14(19)20-3)8-12(15)7-10/h6-9H,4H2,1-3H3/t9-/m0/s1. The Bertz CT molecular complexity index is 566. The van der Waals surface area contributed by atoms with Crippen LogP contribution in [0.25, 0.3) is 0 Å². The Morgan fingerprint density at radius 1 is 1.40 bits per heavy atom. The molecular formula is C14H15BrN2O3. The zero-order chi connectivity index (χ0) is 15.3. The second-order valence-corrected chi connectivity index (χ2v) is 5.26. The van der Waals surface area contributed by atoms with Crippen molar-refractivity contribution in [2.45, 2.75) is 19.4 Å². The molecule has 0 aromatic heterocycles. The molecule has 1 amide bonds. The summed E-state index contributed by atoms with van der Waals surface area (Å²) in [5.41, 5.74) is 0.665. The molecule has 106 valence electrons. The van der Waals surface area contributed by atoms with E-state index in [2.05, 4.69) is 20.7 Å². The summed E-state index contributed by atoms with van der Waals surface area (Å²) in [4.78, 5) is 25.3. The molecule has 1 rings (SSSR count). The number of benzene rings is 1. The van der Waals surface area contributed by atoms with Gasteiger partial charge < -0.3 is 9.64 Å². The van der Waals surface area contributed by atoms with Crippen LogP contribution in [0, 0.1) is 11.3 Å². The Labute approximate surface area is 126 Å². The lowest BCUT2D eigenvalue weighted by Crippen LogP contribution is -2.34. The largest absolute Gasteiger partial charge is 0.465 e. The topological polar surface area (TPSA) is 70.4 Å². The number of methoxy groups -OCH3 is 1.